The zero-order valence-electron chi connectivity index (χ0n) is 14.6. The minimum absolute atomic E-state index is 0.0920. The molecule has 0 amide bonds. The fourth-order valence-electron chi connectivity index (χ4n) is 3.80. The fourth-order valence-corrected chi connectivity index (χ4v) is 5.40. The van der Waals surface area contributed by atoms with E-state index in [0.717, 1.165) is 17.7 Å². The lowest BCUT2D eigenvalue weighted by atomic mass is 9.84. The first-order valence-electron chi connectivity index (χ1n) is 8.54. The van der Waals surface area contributed by atoms with Crippen LogP contribution >= 0.6 is 0 Å². The Kier molecular flexibility index (Phi) is 4.20. The topological polar surface area (TPSA) is 72.9 Å². The smallest absolute Gasteiger partial charge is 0.339 e. The summed E-state index contributed by atoms with van der Waals surface area (Å²) in [4.78, 5) is 11.9. The van der Waals surface area contributed by atoms with E-state index in [2.05, 4.69) is 0 Å². The highest BCUT2D eigenvalue weighted by Crippen LogP contribution is 2.45. The third kappa shape index (κ3) is 2.80. The van der Waals surface area contributed by atoms with Gasteiger partial charge in [0.05, 0.1) is 12.7 Å². The maximum atomic E-state index is 13.6. The van der Waals surface area contributed by atoms with Gasteiger partial charge in [0, 0.05) is 31.5 Å². The summed E-state index contributed by atoms with van der Waals surface area (Å²) in [7, 11) is -2.60. The van der Waals surface area contributed by atoms with Crippen molar-refractivity contribution in [2.45, 2.75) is 23.3 Å². The normalized spacial score (nSPS) is 19.0. The molecule has 2 aromatic rings. The Hall–Kier alpha value is -2.45. The highest BCUT2D eigenvalue weighted by Gasteiger charge is 2.48. The average molecular weight is 391 g/mol. The zero-order valence-corrected chi connectivity index (χ0v) is 15.5. The van der Waals surface area contributed by atoms with Crippen molar-refractivity contribution in [1.29, 1.82) is 0 Å². The zero-order chi connectivity index (χ0) is 19.2. The first kappa shape index (κ1) is 17.9. The first-order valence-corrected chi connectivity index (χ1v) is 9.98. The monoisotopic (exact) mass is 391 g/mol. The van der Waals surface area contributed by atoms with Crippen molar-refractivity contribution in [2.75, 3.05) is 20.2 Å². The minimum atomic E-state index is -3.94. The van der Waals surface area contributed by atoms with E-state index in [9.17, 15) is 17.6 Å². The number of nitrogens with zero attached hydrogens (tertiary/aromatic N) is 1. The number of fused-ring (bicyclic) bond motifs is 2. The molecule has 1 spiro atoms. The van der Waals surface area contributed by atoms with E-state index < -0.39 is 21.4 Å². The van der Waals surface area contributed by atoms with Gasteiger partial charge in [-0.25, -0.2) is 17.6 Å². The molecule has 0 atom stereocenters. The molecule has 0 aromatic heterocycles. The number of halogens is 1. The Labute approximate surface area is 156 Å². The van der Waals surface area contributed by atoms with E-state index in [1.807, 2.05) is 12.1 Å². The predicted octanol–water partition coefficient (Wildman–Crippen LogP) is 2.68. The lowest BCUT2D eigenvalue weighted by Crippen LogP contribution is -2.45. The molecular weight excluding hydrogens is 373 g/mol. The van der Waals surface area contributed by atoms with Crippen LogP contribution in [0.15, 0.2) is 47.4 Å². The van der Waals surface area contributed by atoms with E-state index in [0.29, 0.717) is 18.4 Å². The van der Waals surface area contributed by atoms with Crippen LogP contribution in [0, 0.1) is 5.82 Å². The van der Waals surface area contributed by atoms with Crippen LogP contribution in [0.25, 0.3) is 0 Å². The second-order valence-electron chi connectivity index (χ2n) is 6.63. The van der Waals surface area contributed by atoms with Gasteiger partial charge in [0.2, 0.25) is 10.0 Å². The molecule has 0 unspecified atom stereocenters. The molecule has 1 fully saturated rings. The molecule has 8 heteroatoms. The highest BCUT2D eigenvalue weighted by molar-refractivity contribution is 7.89. The second-order valence-corrected chi connectivity index (χ2v) is 8.54. The molecule has 2 heterocycles. The number of carbonyl (C=O) groups excluding carboxylic acids is 1. The third-order valence-electron chi connectivity index (χ3n) is 5.20. The predicted molar refractivity (Wildman–Crippen MR) is 94.5 cm³/mol. The SMILES string of the molecule is COc1ccc(F)cc1S(=O)(=O)N1CCC2(CC1)OC(=O)c1ccccc12. The molecule has 2 aliphatic rings. The maximum absolute atomic E-state index is 13.6. The number of sulfonamides is 1. The summed E-state index contributed by atoms with van der Waals surface area (Å²) >= 11 is 0. The molecule has 6 nitrogen and oxygen atoms in total. The average Bonchev–Trinajstić information content (AvgIpc) is 2.94. The molecule has 27 heavy (non-hydrogen) atoms. The summed E-state index contributed by atoms with van der Waals surface area (Å²) in [6.45, 7) is 0.313. The van der Waals surface area contributed by atoms with Crippen molar-refractivity contribution in [3.05, 3.63) is 59.4 Å². The van der Waals surface area contributed by atoms with Crippen LogP contribution in [0.1, 0.15) is 28.8 Å². The fraction of sp³-hybridized carbons (Fsp3) is 0.316. The number of piperidine rings is 1. The van der Waals surface area contributed by atoms with Crippen molar-refractivity contribution < 1.29 is 27.1 Å². The third-order valence-corrected chi connectivity index (χ3v) is 7.12. The lowest BCUT2D eigenvalue weighted by molar-refractivity contribution is -0.0329. The van der Waals surface area contributed by atoms with Gasteiger partial charge < -0.3 is 9.47 Å². The number of benzene rings is 2. The van der Waals surface area contributed by atoms with E-state index in [1.54, 1.807) is 12.1 Å². The summed E-state index contributed by atoms with van der Waals surface area (Å²) in [5, 5.41) is 0. The number of hydrogen-bond acceptors (Lipinski definition) is 5. The summed E-state index contributed by atoms with van der Waals surface area (Å²) in [6, 6.07) is 10.6. The molecule has 1 saturated heterocycles. The van der Waals surface area contributed by atoms with Crippen LogP contribution in [-0.4, -0.2) is 38.9 Å². The molecule has 2 aliphatic heterocycles. The van der Waals surface area contributed by atoms with E-state index >= 15 is 0 Å². The van der Waals surface area contributed by atoms with Crippen molar-refractivity contribution >= 4 is 16.0 Å². The van der Waals surface area contributed by atoms with Gasteiger partial charge >= 0.3 is 5.97 Å². The minimum Gasteiger partial charge on any atom is -0.495 e. The number of methoxy groups -OCH3 is 1. The van der Waals surface area contributed by atoms with Crippen LogP contribution in [0.4, 0.5) is 4.39 Å². The van der Waals surface area contributed by atoms with Crippen LogP contribution in [-0.2, 0) is 20.4 Å². The molecule has 0 radical (unpaired) electrons. The molecule has 2 aromatic carbocycles. The Morgan fingerprint density at radius 2 is 1.85 bits per heavy atom. The molecule has 0 saturated carbocycles. The van der Waals surface area contributed by atoms with Gasteiger partial charge in [0.1, 0.15) is 22.1 Å². The maximum Gasteiger partial charge on any atom is 0.339 e. The molecule has 142 valence electrons. The quantitative estimate of drug-likeness (QED) is 0.753. The lowest BCUT2D eigenvalue weighted by Gasteiger charge is -2.38. The van der Waals surface area contributed by atoms with Crippen molar-refractivity contribution in [2.24, 2.45) is 0 Å². The van der Waals surface area contributed by atoms with E-state index in [1.165, 1.54) is 17.5 Å². The molecular formula is C19H18FNO5S. The molecule has 0 N–H and O–H groups in total. The molecule has 4 rings (SSSR count). The number of ether oxygens (including phenoxy) is 2. The van der Waals surface area contributed by atoms with Crippen molar-refractivity contribution in [1.82, 2.24) is 4.31 Å². The van der Waals surface area contributed by atoms with Gasteiger partial charge in [0.25, 0.3) is 0 Å². The Morgan fingerprint density at radius 3 is 2.56 bits per heavy atom. The Balaban J connectivity index is 1.62. The Bertz CT molecular complexity index is 1010. The van der Waals surface area contributed by atoms with Gasteiger partial charge in [-0.1, -0.05) is 18.2 Å². The van der Waals surface area contributed by atoms with Crippen LogP contribution in [0.3, 0.4) is 0 Å². The number of esters is 1. The first-order chi connectivity index (χ1) is 12.9. The van der Waals surface area contributed by atoms with Gasteiger partial charge in [-0.3, -0.25) is 0 Å². The number of rotatable bonds is 3. The summed E-state index contributed by atoms with van der Waals surface area (Å²) in [5.41, 5.74) is 0.530. The van der Waals surface area contributed by atoms with Gasteiger partial charge in [0.15, 0.2) is 0 Å². The summed E-state index contributed by atoms with van der Waals surface area (Å²) < 4.78 is 51.7. The van der Waals surface area contributed by atoms with E-state index in [-0.39, 0.29) is 29.7 Å². The number of hydrogen-bond donors (Lipinski definition) is 0. The standard InChI is InChI=1S/C19H18FNO5S/c1-25-16-7-6-13(20)12-17(16)27(23,24)21-10-8-19(9-11-21)15-5-3-2-4-14(15)18(22)26-19/h2-7,12H,8-11H2,1H3. The van der Waals surface area contributed by atoms with E-state index in [4.69, 9.17) is 9.47 Å². The van der Waals surface area contributed by atoms with Crippen LogP contribution in [0.2, 0.25) is 0 Å². The molecule has 0 bridgehead atoms. The molecule has 0 aliphatic carbocycles. The van der Waals surface area contributed by atoms with Crippen molar-refractivity contribution in [3.8, 4) is 5.75 Å². The van der Waals surface area contributed by atoms with Gasteiger partial charge in [-0.05, 0) is 24.3 Å². The largest absolute Gasteiger partial charge is 0.495 e. The summed E-state index contributed by atoms with van der Waals surface area (Å²) in [5.74, 6) is -0.940. The van der Waals surface area contributed by atoms with Gasteiger partial charge in [-0.15, -0.1) is 0 Å². The second kappa shape index (κ2) is 6.31. The van der Waals surface area contributed by atoms with Crippen LogP contribution in [0.5, 0.6) is 5.75 Å². The Morgan fingerprint density at radius 1 is 1.15 bits per heavy atom. The van der Waals surface area contributed by atoms with Gasteiger partial charge in [-0.2, -0.15) is 4.31 Å². The number of carbonyl (C=O) groups is 1. The highest BCUT2D eigenvalue weighted by atomic mass is 32.2. The summed E-state index contributed by atoms with van der Waals surface area (Å²) in [6.07, 6.45) is 0.680. The van der Waals surface area contributed by atoms with Crippen LogP contribution < -0.4 is 4.74 Å². The van der Waals surface area contributed by atoms with Crippen molar-refractivity contribution in [3.63, 3.8) is 0 Å².